The Morgan fingerprint density at radius 2 is 1.64 bits per heavy atom. The zero-order valence-electron chi connectivity index (χ0n) is 24.0. The number of ether oxygens (including phenoxy) is 2. The summed E-state index contributed by atoms with van der Waals surface area (Å²) < 4.78 is 40.5. The maximum Gasteiger partial charge on any atom is 0.264 e. The van der Waals surface area contributed by atoms with E-state index in [0.29, 0.717) is 17.2 Å². The molecule has 0 bridgehead atoms. The Kier molecular flexibility index (Phi) is 7.72. The summed E-state index contributed by atoms with van der Waals surface area (Å²) in [6.07, 6.45) is -1.03. The van der Waals surface area contributed by atoms with Crippen molar-refractivity contribution in [2.75, 3.05) is 18.0 Å². The van der Waals surface area contributed by atoms with Gasteiger partial charge in [-0.15, -0.1) is 0 Å². The van der Waals surface area contributed by atoms with E-state index in [2.05, 4.69) is 45.1 Å². The van der Waals surface area contributed by atoms with Crippen molar-refractivity contribution in [3.8, 4) is 11.5 Å². The van der Waals surface area contributed by atoms with Crippen molar-refractivity contribution in [1.29, 1.82) is 0 Å². The number of anilines is 1. The van der Waals surface area contributed by atoms with Crippen molar-refractivity contribution in [3.05, 3.63) is 82.4 Å². The molecule has 3 aromatic rings. The number of hydrogen-bond acceptors (Lipinski definition) is 5. The lowest BCUT2D eigenvalue weighted by molar-refractivity contribution is -0.128. The molecular weight excluding hydrogens is 512 g/mol. The van der Waals surface area contributed by atoms with Gasteiger partial charge in [-0.1, -0.05) is 39.0 Å². The number of nitrogens with one attached hydrogen (secondary N) is 1. The average Bonchev–Trinajstić information content (AvgIpc) is 2.89. The molecule has 0 aliphatic carbocycles. The Morgan fingerprint density at radius 1 is 1.00 bits per heavy atom. The minimum absolute atomic E-state index is 0.107. The summed E-state index contributed by atoms with van der Waals surface area (Å²) in [5, 5.41) is 3.04. The van der Waals surface area contributed by atoms with E-state index >= 15 is 0 Å². The van der Waals surface area contributed by atoms with Crippen LogP contribution in [0.3, 0.4) is 0 Å². The van der Waals surface area contributed by atoms with Gasteiger partial charge in [0.2, 0.25) is 0 Å². The van der Waals surface area contributed by atoms with Crippen molar-refractivity contribution < 1.29 is 22.7 Å². The van der Waals surface area contributed by atoms with E-state index in [-0.39, 0.29) is 28.8 Å². The zero-order valence-corrected chi connectivity index (χ0v) is 24.8. The molecule has 1 heterocycles. The SMILES string of the molecule is COc1ccc(S(=O)(=O)N2C[C@H](C(=O)N[C@@H](C)c3cc(C)c(C)cc3C)Oc3ccc(C(C)(C)C)cc32)cc1. The molecular formula is C31H38N2O5S. The largest absolute Gasteiger partial charge is 0.497 e. The lowest BCUT2D eigenvalue weighted by atomic mass is 9.86. The summed E-state index contributed by atoms with van der Waals surface area (Å²) >= 11 is 0. The van der Waals surface area contributed by atoms with Crippen LogP contribution in [0.2, 0.25) is 0 Å². The number of carbonyl (C=O) groups is 1. The standard InChI is InChI=1S/C31H38N2O5S/c1-19-15-21(3)26(16-20(19)2)22(4)32-30(34)29-18-33(39(35,36)25-12-10-24(37-8)11-13-25)27-17-23(31(5,6)7)9-14-28(27)38-29/h9-17,22,29H,18H2,1-8H3,(H,32,34)/t22-,29+/m0/s1. The van der Waals surface area contributed by atoms with Gasteiger partial charge in [-0.25, -0.2) is 8.42 Å². The molecule has 0 fully saturated rings. The number of aryl methyl sites for hydroxylation is 3. The number of nitrogens with zero attached hydrogens (tertiary/aromatic N) is 1. The quantitative estimate of drug-likeness (QED) is 0.422. The molecule has 0 spiro atoms. The fraction of sp³-hybridized carbons (Fsp3) is 0.387. The van der Waals surface area contributed by atoms with Gasteiger partial charge in [0, 0.05) is 0 Å². The number of carbonyl (C=O) groups excluding carboxylic acids is 1. The molecule has 1 aliphatic heterocycles. The second-order valence-electron chi connectivity index (χ2n) is 11.3. The number of methoxy groups -OCH3 is 1. The van der Waals surface area contributed by atoms with E-state index in [1.165, 1.54) is 29.1 Å². The third-order valence-electron chi connectivity index (χ3n) is 7.34. The van der Waals surface area contributed by atoms with E-state index in [9.17, 15) is 13.2 Å². The highest BCUT2D eigenvalue weighted by molar-refractivity contribution is 7.92. The fourth-order valence-corrected chi connectivity index (χ4v) is 6.26. The third kappa shape index (κ3) is 5.76. The van der Waals surface area contributed by atoms with Crippen LogP contribution < -0.4 is 19.1 Å². The first-order valence-corrected chi connectivity index (χ1v) is 14.5. The van der Waals surface area contributed by atoms with Crippen molar-refractivity contribution >= 4 is 21.6 Å². The Hall–Kier alpha value is -3.52. The highest BCUT2D eigenvalue weighted by Crippen LogP contribution is 2.40. The van der Waals surface area contributed by atoms with Crippen LogP contribution in [0.5, 0.6) is 11.5 Å². The number of amides is 1. The second-order valence-corrected chi connectivity index (χ2v) is 13.1. The molecule has 0 unspecified atom stereocenters. The predicted octanol–water partition coefficient (Wildman–Crippen LogP) is 5.75. The normalized spacial score (nSPS) is 16.2. The van der Waals surface area contributed by atoms with Gasteiger partial charge in [0.15, 0.2) is 6.10 Å². The Balaban J connectivity index is 1.70. The van der Waals surface area contributed by atoms with Gasteiger partial charge in [-0.3, -0.25) is 9.10 Å². The van der Waals surface area contributed by atoms with Crippen LogP contribution >= 0.6 is 0 Å². The molecule has 0 saturated heterocycles. The number of rotatable bonds is 6. The molecule has 0 saturated carbocycles. The number of fused-ring (bicyclic) bond motifs is 1. The summed E-state index contributed by atoms with van der Waals surface area (Å²) in [7, 11) is -2.48. The first-order valence-electron chi connectivity index (χ1n) is 13.1. The first kappa shape index (κ1) is 28.5. The van der Waals surface area contributed by atoms with E-state index in [4.69, 9.17) is 9.47 Å². The molecule has 3 aromatic carbocycles. The van der Waals surface area contributed by atoms with E-state index in [1.54, 1.807) is 18.2 Å². The minimum atomic E-state index is -4.01. The molecule has 8 heteroatoms. The van der Waals surface area contributed by atoms with Gasteiger partial charge in [-0.2, -0.15) is 0 Å². The van der Waals surface area contributed by atoms with Crippen molar-refractivity contribution in [3.63, 3.8) is 0 Å². The molecule has 1 N–H and O–H groups in total. The number of sulfonamides is 1. The average molecular weight is 551 g/mol. The molecule has 2 atom stereocenters. The topological polar surface area (TPSA) is 84.9 Å². The molecule has 4 rings (SSSR count). The van der Waals surface area contributed by atoms with Crippen LogP contribution in [-0.4, -0.2) is 34.1 Å². The number of hydrogen-bond donors (Lipinski definition) is 1. The van der Waals surface area contributed by atoms with Crippen LogP contribution in [0.25, 0.3) is 0 Å². The van der Waals surface area contributed by atoms with Crippen LogP contribution in [0, 0.1) is 20.8 Å². The lowest BCUT2D eigenvalue weighted by Crippen LogP contribution is -2.51. The summed E-state index contributed by atoms with van der Waals surface area (Å²) in [5.41, 5.74) is 5.60. The highest BCUT2D eigenvalue weighted by atomic mass is 32.2. The Labute approximate surface area is 232 Å². The van der Waals surface area contributed by atoms with Crippen LogP contribution in [0.15, 0.2) is 59.5 Å². The van der Waals surface area contributed by atoms with Gasteiger partial charge in [0.05, 0.1) is 30.3 Å². The molecule has 0 radical (unpaired) electrons. The van der Waals surface area contributed by atoms with Crippen molar-refractivity contribution in [1.82, 2.24) is 5.32 Å². The van der Waals surface area contributed by atoms with Crippen molar-refractivity contribution in [2.24, 2.45) is 0 Å². The summed E-state index contributed by atoms with van der Waals surface area (Å²) in [4.78, 5) is 13.6. The molecule has 7 nitrogen and oxygen atoms in total. The van der Waals surface area contributed by atoms with E-state index in [0.717, 1.165) is 22.3 Å². The van der Waals surface area contributed by atoms with Crippen LogP contribution in [-0.2, 0) is 20.2 Å². The fourth-order valence-electron chi connectivity index (χ4n) is 4.79. The van der Waals surface area contributed by atoms with Gasteiger partial charge in [0.25, 0.3) is 15.9 Å². The maximum absolute atomic E-state index is 13.9. The van der Waals surface area contributed by atoms with Crippen LogP contribution in [0.1, 0.15) is 61.6 Å². The third-order valence-corrected chi connectivity index (χ3v) is 9.14. The highest BCUT2D eigenvalue weighted by Gasteiger charge is 2.38. The van der Waals surface area contributed by atoms with Gasteiger partial charge < -0.3 is 14.8 Å². The van der Waals surface area contributed by atoms with Gasteiger partial charge in [0.1, 0.15) is 11.5 Å². The van der Waals surface area contributed by atoms with Gasteiger partial charge in [-0.05, 0) is 97.3 Å². The predicted molar refractivity (Wildman–Crippen MR) is 154 cm³/mol. The van der Waals surface area contributed by atoms with Crippen molar-refractivity contribution in [2.45, 2.75) is 70.9 Å². The molecule has 1 aliphatic rings. The van der Waals surface area contributed by atoms with E-state index < -0.39 is 16.1 Å². The summed E-state index contributed by atoms with van der Waals surface area (Å²) in [6.45, 7) is 14.1. The minimum Gasteiger partial charge on any atom is -0.497 e. The maximum atomic E-state index is 13.9. The van der Waals surface area contributed by atoms with Gasteiger partial charge >= 0.3 is 0 Å². The Bertz CT molecular complexity index is 1490. The second kappa shape index (κ2) is 10.6. The molecule has 208 valence electrons. The smallest absolute Gasteiger partial charge is 0.264 e. The Morgan fingerprint density at radius 3 is 2.26 bits per heavy atom. The molecule has 0 aromatic heterocycles. The monoisotopic (exact) mass is 550 g/mol. The van der Waals surface area contributed by atoms with Crippen LogP contribution in [0.4, 0.5) is 5.69 Å². The summed E-state index contributed by atoms with van der Waals surface area (Å²) in [6, 6.07) is 15.7. The number of benzene rings is 3. The van der Waals surface area contributed by atoms with E-state index in [1.807, 2.05) is 32.9 Å². The molecule has 1 amide bonds. The molecule has 39 heavy (non-hydrogen) atoms. The summed E-state index contributed by atoms with van der Waals surface area (Å²) in [5.74, 6) is 0.529. The zero-order chi connectivity index (χ0) is 28.7. The first-order chi connectivity index (χ1) is 18.2. The lowest BCUT2D eigenvalue weighted by Gasteiger charge is -2.36.